The average molecular weight is 418 g/mol. The van der Waals surface area contributed by atoms with Crippen molar-refractivity contribution in [3.05, 3.63) is 83.4 Å². The quantitative estimate of drug-likeness (QED) is 0.452. The first-order chi connectivity index (χ1) is 14.9. The van der Waals surface area contributed by atoms with E-state index in [1.165, 1.54) is 40.3 Å². The molecule has 2 atom stereocenters. The molecule has 0 bridgehead atoms. The second-order valence-corrected chi connectivity index (χ2v) is 9.72. The molecule has 3 aromatic carbocycles. The molecule has 1 aliphatic rings. The van der Waals surface area contributed by atoms with Crippen molar-refractivity contribution in [3.8, 4) is 0 Å². The van der Waals surface area contributed by atoms with Gasteiger partial charge in [0.2, 0.25) is 0 Å². The molecule has 0 amide bonds. The van der Waals surface area contributed by atoms with Gasteiger partial charge < -0.3 is 15.2 Å². The first-order valence-corrected chi connectivity index (χ1v) is 11.5. The molecular formula is C28H35NO2. The molecule has 1 fully saturated rings. The van der Waals surface area contributed by atoms with Crippen molar-refractivity contribution in [2.45, 2.75) is 57.8 Å². The monoisotopic (exact) mass is 417 g/mol. The summed E-state index contributed by atoms with van der Waals surface area (Å²) in [5.41, 5.74) is 3.72. The standard InChI is InChI=1S/C28H35NO2/c1-20-8-4-7-11-26(20)27(23-14-15-23)31-19-25(30)18-29-28(2,3)17-21-12-13-22-9-5-6-10-24(22)16-21/h4-13,16,23,25,27,29-30H,14-15,17-19H2,1-3H3/t25-,27?/m1/s1. The Morgan fingerprint density at radius 3 is 2.45 bits per heavy atom. The van der Waals surface area contributed by atoms with Gasteiger partial charge in [-0.1, -0.05) is 66.7 Å². The summed E-state index contributed by atoms with van der Waals surface area (Å²) >= 11 is 0. The minimum Gasteiger partial charge on any atom is -0.389 e. The molecule has 3 nitrogen and oxygen atoms in total. The third-order valence-corrected chi connectivity index (χ3v) is 6.29. The van der Waals surface area contributed by atoms with E-state index >= 15 is 0 Å². The highest BCUT2D eigenvalue weighted by atomic mass is 16.5. The summed E-state index contributed by atoms with van der Waals surface area (Å²) in [4.78, 5) is 0. The van der Waals surface area contributed by atoms with Gasteiger partial charge in [-0.15, -0.1) is 0 Å². The number of nitrogens with one attached hydrogen (secondary N) is 1. The fourth-order valence-corrected chi connectivity index (χ4v) is 4.37. The first kappa shape index (κ1) is 22.0. The second-order valence-electron chi connectivity index (χ2n) is 9.72. The van der Waals surface area contributed by atoms with Crippen LogP contribution in [0.2, 0.25) is 0 Å². The molecule has 1 unspecified atom stereocenters. The zero-order chi connectivity index (χ0) is 21.8. The molecule has 1 saturated carbocycles. The van der Waals surface area contributed by atoms with E-state index in [0.29, 0.717) is 19.1 Å². The Kier molecular flexibility index (Phi) is 6.76. The Labute approximate surface area is 186 Å². The van der Waals surface area contributed by atoms with Crippen molar-refractivity contribution in [1.29, 1.82) is 0 Å². The van der Waals surface area contributed by atoms with Gasteiger partial charge in [-0.05, 0) is 73.4 Å². The molecule has 2 N–H and O–H groups in total. The van der Waals surface area contributed by atoms with Crippen LogP contribution in [0.15, 0.2) is 66.7 Å². The lowest BCUT2D eigenvalue weighted by molar-refractivity contribution is -0.0213. The van der Waals surface area contributed by atoms with Gasteiger partial charge in [0.1, 0.15) is 0 Å². The van der Waals surface area contributed by atoms with Crippen LogP contribution in [0, 0.1) is 12.8 Å². The van der Waals surface area contributed by atoms with E-state index in [2.05, 4.69) is 92.8 Å². The SMILES string of the molecule is Cc1ccccc1C(OC[C@H](O)CNC(C)(C)Cc1ccc2ccccc2c1)C1CC1. The highest BCUT2D eigenvalue weighted by Crippen LogP contribution is 2.44. The van der Waals surface area contributed by atoms with Crippen LogP contribution in [-0.4, -0.2) is 29.9 Å². The molecule has 0 heterocycles. The summed E-state index contributed by atoms with van der Waals surface area (Å²) in [7, 11) is 0. The van der Waals surface area contributed by atoms with Crippen LogP contribution in [0.25, 0.3) is 10.8 Å². The average Bonchev–Trinajstić information content (AvgIpc) is 3.59. The summed E-state index contributed by atoms with van der Waals surface area (Å²) < 4.78 is 6.24. The van der Waals surface area contributed by atoms with Crippen molar-refractivity contribution in [2.24, 2.45) is 5.92 Å². The van der Waals surface area contributed by atoms with Gasteiger partial charge in [0, 0.05) is 12.1 Å². The Balaban J connectivity index is 1.29. The van der Waals surface area contributed by atoms with Gasteiger partial charge in [-0.3, -0.25) is 0 Å². The Hall–Kier alpha value is -2.20. The van der Waals surface area contributed by atoms with Crippen molar-refractivity contribution < 1.29 is 9.84 Å². The van der Waals surface area contributed by atoms with Gasteiger partial charge in [0.25, 0.3) is 0 Å². The molecule has 0 saturated heterocycles. The molecule has 31 heavy (non-hydrogen) atoms. The second kappa shape index (κ2) is 9.52. The van der Waals surface area contributed by atoms with Crippen molar-refractivity contribution >= 4 is 10.8 Å². The number of ether oxygens (including phenoxy) is 1. The van der Waals surface area contributed by atoms with E-state index in [1.54, 1.807) is 0 Å². The molecule has 0 aromatic heterocycles. The minimum absolute atomic E-state index is 0.0986. The summed E-state index contributed by atoms with van der Waals surface area (Å²) in [6.07, 6.45) is 2.90. The number of aliphatic hydroxyl groups is 1. The number of β-amino-alcohol motifs (C(OH)–C–C–N with tert-alkyl or cyclic N) is 1. The highest BCUT2D eigenvalue weighted by Gasteiger charge is 2.34. The maximum atomic E-state index is 10.6. The van der Waals surface area contributed by atoms with E-state index in [1.807, 2.05) is 0 Å². The van der Waals surface area contributed by atoms with Crippen LogP contribution < -0.4 is 5.32 Å². The third-order valence-electron chi connectivity index (χ3n) is 6.29. The summed E-state index contributed by atoms with van der Waals surface area (Å²) in [6, 6.07) is 23.6. The molecule has 3 aromatic rings. The molecular weight excluding hydrogens is 382 g/mol. The topological polar surface area (TPSA) is 41.5 Å². The van der Waals surface area contributed by atoms with E-state index in [9.17, 15) is 5.11 Å². The van der Waals surface area contributed by atoms with E-state index in [-0.39, 0.29) is 11.6 Å². The maximum Gasteiger partial charge on any atom is 0.0898 e. The third kappa shape index (κ3) is 5.94. The lowest BCUT2D eigenvalue weighted by Gasteiger charge is -2.29. The van der Waals surface area contributed by atoms with Gasteiger partial charge >= 0.3 is 0 Å². The number of aryl methyl sites for hydroxylation is 1. The molecule has 0 aliphatic heterocycles. The molecule has 3 heteroatoms. The molecule has 0 spiro atoms. The van der Waals surface area contributed by atoms with Crippen molar-refractivity contribution in [2.75, 3.05) is 13.2 Å². The first-order valence-electron chi connectivity index (χ1n) is 11.5. The predicted octanol–water partition coefficient (Wildman–Crippen LogP) is 5.59. The summed E-state index contributed by atoms with van der Waals surface area (Å²) in [5, 5.41) is 16.7. The zero-order valence-electron chi connectivity index (χ0n) is 19.0. The number of hydrogen-bond donors (Lipinski definition) is 2. The van der Waals surface area contributed by atoms with E-state index in [0.717, 1.165) is 6.42 Å². The lowest BCUT2D eigenvalue weighted by Crippen LogP contribution is -2.46. The van der Waals surface area contributed by atoms with Crippen LogP contribution in [0.4, 0.5) is 0 Å². The number of hydrogen-bond acceptors (Lipinski definition) is 3. The molecule has 4 rings (SSSR count). The van der Waals surface area contributed by atoms with Crippen LogP contribution in [-0.2, 0) is 11.2 Å². The molecule has 0 radical (unpaired) electrons. The number of benzene rings is 3. The molecule has 164 valence electrons. The number of aliphatic hydroxyl groups excluding tert-OH is 1. The zero-order valence-corrected chi connectivity index (χ0v) is 19.0. The number of rotatable bonds is 10. The van der Waals surface area contributed by atoms with Crippen LogP contribution in [0.3, 0.4) is 0 Å². The number of fused-ring (bicyclic) bond motifs is 1. The smallest absolute Gasteiger partial charge is 0.0898 e. The fourth-order valence-electron chi connectivity index (χ4n) is 4.37. The van der Waals surface area contributed by atoms with E-state index < -0.39 is 6.10 Å². The summed E-state index contributed by atoms with van der Waals surface area (Å²) in [6.45, 7) is 7.40. The normalized spacial score (nSPS) is 16.4. The van der Waals surface area contributed by atoms with Crippen LogP contribution >= 0.6 is 0 Å². The summed E-state index contributed by atoms with van der Waals surface area (Å²) in [5.74, 6) is 0.589. The van der Waals surface area contributed by atoms with Gasteiger partial charge in [0.15, 0.2) is 0 Å². The lowest BCUT2D eigenvalue weighted by atomic mass is 9.93. The van der Waals surface area contributed by atoms with Gasteiger partial charge in [-0.2, -0.15) is 0 Å². The Morgan fingerprint density at radius 1 is 1.00 bits per heavy atom. The highest BCUT2D eigenvalue weighted by molar-refractivity contribution is 5.83. The maximum absolute atomic E-state index is 10.6. The van der Waals surface area contributed by atoms with Crippen molar-refractivity contribution in [3.63, 3.8) is 0 Å². The largest absolute Gasteiger partial charge is 0.389 e. The van der Waals surface area contributed by atoms with Gasteiger partial charge in [0.05, 0.1) is 18.8 Å². The van der Waals surface area contributed by atoms with Crippen molar-refractivity contribution in [1.82, 2.24) is 5.32 Å². The van der Waals surface area contributed by atoms with Gasteiger partial charge in [-0.25, -0.2) is 0 Å². The minimum atomic E-state index is -0.527. The van der Waals surface area contributed by atoms with Crippen LogP contribution in [0.5, 0.6) is 0 Å². The Morgan fingerprint density at radius 2 is 1.71 bits per heavy atom. The Bertz CT molecular complexity index is 1010. The van der Waals surface area contributed by atoms with Crippen LogP contribution in [0.1, 0.15) is 49.5 Å². The fraction of sp³-hybridized carbons (Fsp3) is 0.429. The predicted molar refractivity (Wildman–Crippen MR) is 128 cm³/mol. The molecule has 1 aliphatic carbocycles. The van der Waals surface area contributed by atoms with E-state index in [4.69, 9.17) is 4.74 Å².